The quantitative estimate of drug-likeness (QED) is 0.694. The SMILES string of the molecule is O=C(Cn1c2ccccc2c(=O)c2ccccc21)NCCC(=O)N1CCCC1. The predicted octanol–water partition coefficient (Wildman–Crippen LogP) is 2.28. The number of pyridine rings is 1. The average Bonchev–Trinajstić information content (AvgIpc) is 3.26. The second kappa shape index (κ2) is 7.84. The van der Waals surface area contributed by atoms with Crippen LogP contribution in [0.3, 0.4) is 0 Å². The number of carbonyl (C=O) groups is 2. The highest BCUT2D eigenvalue weighted by Crippen LogP contribution is 2.19. The lowest BCUT2D eigenvalue weighted by molar-refractivity contribution is -0.130. The van der Waals surface area contributed by atoms with Crippen LogP contribution >= 0.6 is 0 Å². The first-order valence-electron chi connectivity index (χ1n) is 9.70. The number of benzene rings is 2. The second-order valence-electron chi connectivity index (χ2n) is 7.14. The van der Waals surface area contributed by atoms with Gasteiger partial charge in [-0.3, -0.25) is 14.4 Å². The molecular weight excluding hydrogens is 354 g/mol. The van der Waals surface area contributed by atoms with Crippen LogP contribution in [0.1, 0.15) is 19.3 Å². The monoisotopic (exact) mass is 377 g/mol. The number of fused-ring (bicyclic) bond motifs is 2. The van der Waals surface area contributed by atoms with Gasteiger partial charge in [0.2, 0.25) is 11.8 Å². The van der Waals surface area contributed by atoms with Gasteiger partial charge in [0, 0.05) is 36.8 Å². The zero-order valence-electron chi connectivity index (χ0n) is 15.7. The molecule has 2 amide bonds. The summed E-state index contributed by atoms with van der Waals surface area (Å²) in [6.07, 6.45) is 2.44. The van der Waals surface area contributed by atoms with Crippen molar-refractivity contribution < 1.29 is 9.59 Å². The van der Waals surface area contributed by atoms with E-state index in [1.165, 1.54) is 0 Å². The molecule has 4 rings (SSSR count). The maximum atomic E-state index is 12.7. The number of hydrogen-bond donors (Lipinski definition) is 1. The minimum Gasteiger partial charge on any atom is -0.354 e. The van der Waals surface area contributed by atoms with Crippen molar-refractivity contribution in [3.8, 4) is 0 Å². The van der Waals surface area contributed by atoms with Crippen LogP contribution < -0.4 is 10.7 Å². The van der Waals surface area contributed by atoms with Crippen molar-refractivity contribution in [1.29, 1.82) is 0 Å². The summed E-state index contributed by atoms with van der Waals surface area (Å²) >= 11 is 0. The molecular formula is C22H23N3O3. The molecule has 28 heavy (non-hydrogen) atoms. The van der Waals surface area contributed by atoms with Gasteiger partial charge in [0.05, 0.1) is 11.0 Å². The summed E-state index contributed by atoms with van der Waals surface area (Å²) < 4.78 is 1.86. The highest BCUT2D eigenvalue weighted by Gasteiger charge is 2.18. The van der Waals surface area contributed by atoms with Crippen molar-refractivity contribution in [2.75, 3.05) is 19.6 Å². The maximum absolute atomic E-state index is 12.7. The van der Waals surface area contributed by atoms with Crippen LogP contribution in [-0.2, 0) is 16.1 Å². The predicted molar refractivity (Wildman–Crippen MR) is 109 cm³/mol. The fourth-order valence-corrected chi connectivity index (χ4v) is 3.88. The third-order valence-corrected chi connectivity index (χ3v) is 5.30. The molecule has 0 spiro atoms. The van der Waals surface area contributed by atoms with Gasteiger partial charge < -0.3 is 14.8 Å². The van der Waals surface area contributed by atoms with Gasteiger partial charge in [-0.15, -0.1) is 0 Å². The number of nitrogens with one attached hydrogen (secondary N) is 1. The van der Waals surface area contributed by atoms with Gasteiger partial charge in [-0.25, -0.2) is 0 Å². The third-order valence-electron chi connectivity index (χ3n) is 5.30. The van der Waals surface area contributed by atoms with Gasteiger partial charge in [0.1, 0.15) is 6.54 Å². The standard InChI is InChI=1S/C22H23N3O3/c26-20(23-12-11-21(27)24-13-5-6-14-24)15-25-18-9-3-1-7-16(18)22(28)17-8-2-4-10-19(17)25/h1-4,7-10H,5-6,11-15H2,(H,23,26). The second-order valence-corrected chi connectivity index (χ2v) is 7.14. The first-order chi connectivity index (χ1) is 13.6. The summed E-state index contributed by atoms with van der Waals surface area (Å²) in [5, 5.41) is 4.04. The number of aromatic nitrogens is 1. The maximum Gasteiger partial charge on any atom is 0.239 e. The van der Waals surface area contributed by atoms with Crippen molar-refractivity contribution in [3.05, 3.63) is 58.8 Å². The molecule has 0 bridgehead atoms. The molecule has 3 aromatic rings. The number of hydrogen-bond acceptors (Lipinski definition) is 3. The van der Waals surface area contributed by atoms with Crippen LogP contribution in [0.25, 0.3) is 21.8 Å². The van der Waals surface area contributed by atoms with E-state index in [9.17, 15) is 14.4 Å². The summed E-state index contributed by atoms with van der Waals surface area (Å²) in [5.41, 5.74) is 1.43. The first kappa shape index (κ1) is 18.2. The van der Waals surface area contributed by atoms with E-state index < -0.39 is 0 Å². The molecule has 0 atom stereocenters. The molecule has 1 aliphatic rings. The van der Waals surface area contributed by atoms with Crippen molar-refractivity contribution in [3.63, 3.8) is 0 Å². The van der Waals surface area contributed by atoms with E-state index in [2.05, 4.69) is 5.32 Å². The van der Waals surface area contributed by atoms with E-state index >= 15 is 0 Å². The van der Waals surface area contributed by atoms with Crippen molar-refractivity contribution in [2.45, 2.75) is 25.8 Å². The van der Waals surface area contributed by atoms with E-state index in [0.717, 1.165) is 37.0 Å². The molecule has 0 radical (unpaired) electrons. The minimum absolute atomic E-state index is 0.0286. The molecule has 0 unspecified atom stereocenters. The van der Waals surface area contributed by atoms with Crippen LogP contribution in [-0.4, -0.2) is 40.9 Å². The fourth-order valence-electron chi connectivity index (χ4n) is 3.88. The molecule has 1 saturated heterocycles. The molecule has 1 fully saturated rings. The zero-order chi connectivity index (χ0) is 19.5. The number of carbonyl (C=O) groups excluding carboxylic acids is 2. The largest absolute Gasteiger partial charge is 0.354 e. The van der Waals surface area contributed by atoms with Gasteiger partial charge in [-0.05, 0) is 37.1 Å². The highest BCUT2D eigenvalue weighted by molar-refractivity contribution is 5.94. The van der Waals surface area contributed by atoms with E-state index in [4.69, 9.17) is 0 Å². The number of para-hydroxylation sites is 2. The van der Waals surface area contributed by atoms with E-state index in [1.807, 2.05) is 45.9 Å². The van der Waals surface area contributed by atoms with Gasteiger partial charge >= 0.3 is 0 Å². The van der Waals surface area contributed by atoms with Crippen molar-refractivity contribution in [2.24, 2.45) is 0 Å². The fraction of sp³-hybridized carbons (Fsp3) is 0.318. The molecule has 1 N–H and O–H groups in total. The van der Waals surface area contributed by atoms with E-state index in [0.29, 0.717) is 23.7 Å². The molecule has 0 aliphatic carbocycles. The van der Waals surface area contributed by atoms with Crippen molar-refractivity contribution in [1.82, 2.24) is 14.8 Å². The molecule has 6 heteroatoms. The Balaban J connectivity index is 1.53. The molecule has 1 aliphatic heterocycles. The zero-order valence-corrected chi connectivity index (χ0v) is 15.7. The van der Waals surface area contributed by atoms with Gasteiger partial charge in [0.25, 0.3) is 0 Å². The minimum atomic E-state index is -0.173. The lowest BCUT2D eigenvalue weighted by Gasteiger charge is -2.16. The number of amides is 2. The Morgan fingerprint density at radius 3 is 2.07 bits per heavy atom. The first-order valence-corrected chi connectivity index (χ1v) is 9.70. The Labute approximate surface area is 162 Å². The van der Waals surface area contributed by atoms with Gasteiger partial charge in [-0.1, -0.05) is 24.3 Å². The Morgan fingerprint density at radius 2 is 1.46 bits per heavy atom. The Bertz CT molecular complexity index is 1040. The van der Waals surface area contributed by atoms with Crippen LogP contribution in [0.5, 0.6) is 0 Å². The molecule has 6 nitrogen and oxygen atoms in total. The van der Waals surface area contributed by atoms with Crippen LogP contribution in [0.15, 0.2) is 53.3 Å². The number of rotatable bonds is 5. The van der Waals surface area contributed by atoms with Crippen LogP contribution in [0.4, 0.5) is 0 Å². The van der Waals surface area contributed by atoms with Crippen LogP contribution in [0.2, 0.25) is 0 Å². The van der Waals surface area contributed by atoms with E-state index in [-0.39, 0.29) is 23.8 Å². The normalized spacial score (nSPS) is 13.9. The van der Waals surface area contributed by atoms with Gasteiger partial charge in [0.15, 0.2) is 5.43 Å². The van der Waals surface area contributed by atoms with E-state index in [1.54, 1.807) is 12.1 Å². The average molecular weight is 377 g/mol. The highest BCUT2D eigenvalue weighted by atomic mass is 16.2. The van der Waals surface area contributed by atoms with Gasteiger partial charge in [-0.2, -0.15) is 0 Å². The lowest BCUT2D eigenvalue weighted by atomic mass is 10.1. The summed E-state index contributed by atoms with van der Waals surface area (Å²) in [5.74, 6) is -0.0785. The summed E-state index contributed by atoms with van der Waals surface area (Å²) in [4.78, 5) is 39.3. The number of nitrogens with zero attached hydrogens (tertiary/aromatic N) is 2. The van der Waals surface area contributed by atoms with Crippen LogP contribution in [0, 0.1) is 0 Å². The Hall–Kier alpha value is -3.15. The lowest BCUT2D eigenvalue weighted by Crippen LogP contribution is -2.34. The Morgan fingerprint density at radius 1 is 0.893 bits per heavy atom. The van der Waals surface area contributed by atoms with Crippen molar-refractivity contribution >= 4 is 33.6 Å². The molecule has 1 aromatic heterocycles. The molecule has 144 valence electrons. The topological polar surface area (TPSA) is 71.4 Å². The number of likely N-dealkylation sites (tertiary alicyclic amines) is 1. The molecule has 2 aromatic carbocycles. The third kappa shape index (κ3) is 3.50. The molecule has 0 saturated carbocycles. The summed E-state index contributed by atoms with van der Waals surface area (Å²) in [6, 6.07) is 14.7. The molecule has 2 heterocycles. The summed E-state index contributed by atoms with van der Waals surface area (Å²) in [7, 11) is 0. The Kier molecular flexibility index (Phi) is 5.10. The summed E-state index contributed by atoms with van der Waals surface area (Å²) in [6.45, 7) is 2.06. The smallest absolute Gasteiger partial charge is 0.239 e.